The fourth-order valence-corrected chi connectivity index (χ4v) is 2.20. The first-order valence-electron chi connectivity index (χ1n) is 7.60. The maximum atomic E-state index is 12.7. The normalized spacial score (nSPS) is 11.3. The van der Waals surface area contributed by atoms with E-state index < -0.39 is 17.6 Å². The molecule has 0 bridgehead atoms. The molecule has 0 radical (unpaired) electrons. The van der Waals surface area contributed by atoms with Crippen molar-refractivity contribution in [1.29, 1.82) is 0 Å². The first-order chi connectivity index (χ1) is 11.6. The molecule has 0 saturated carbocycles. The largest absolute Gasteiger partial charge is 0.416 e. The van der Waals surface area contributed by atoms with Gasteiger partial charge in [-0.1, -0.05) is 18.2 Å². The minimum absolute atomic E-state index is 0.111. The maximum absolute atomic E-state index is 12.7. The van der Waals surface area contributed by atoms with E-state index in [0.717, 1.165) is 23.6 Å². The van der Waals surface area contributed by atoms with Crippen molar-refractivity contribution in [2.45, 2.75) is 26.1 Å². The van der Waals surface area contributed by atoms with E-state index in [4.69, 9.17) is 0 Å². The number of nitrogens with zero attached hydrogens (tertiary/aromatic N) is 3. The highest BCUT2D eigenvalue weighted by molar-refractivity contribution is 5.78. The summed E-state index contributed by atoms with van der Waals surface area (Å²) in [5.41, 5.74) is 0.294. The lowest BCUT2D eigenvalue weighted by molar-refractivity contribution is -0.137. The van der Waals surface area contributed by atoms with Crippen LogP contribution in [0.15, 0.2) is 30.3 Å². The zero-order valence-corrected chi connectivity index (χ0v) is 14.2. The van der Waals surface area contributed by atoms with E-state index in [9.17, 15) is 18.0 Å². The second kappa shape index (κ2) is 7.50. The summed E-state index contributed by atoms with van der Waals surface area (Å²) in [6.45, 7) is 1.93. The van der Waals surface area contributed by atoms with Crippen LogP contribution in [0.25, 0.3) is 0 Å². The van der Waals surface area contributed by atoms with E-state index in [1.54, 1.807) is 0 Å². The number of halogens is 3. The van der Waals surface area contributed by atoms with Crippen LogP contribution in [-0.4, -0.2) is 30.0 Å². The lowest BCUT2D eigenvalue weighted by Crippen LogP contribution is -2.26. The number of aryl methyl sites for hydroxylation is 1. The lowest BCUT2D eigenvalue weighted by atomic mass is 10.1. The van der Waals surface area contributed by atoms with Crippen LogP contribution in [0, 0.1) is 6.92 Å². The predicted molar refractivity (Wildman–Crippen MR) is 88.1 cm³/mol. The van der Waals surface area contributed by atoms with Crippen molar-refractivity contribution < 1.29 is 18.0 Å². The highest BCUT2D eigenvalue weighted by atomic mass is 19.4. The molecular formula is C17H19F3N4O. The van der Waals surface area contributed by atoms with Gasteiger partial charge in [-0.15, -0.1) is 0 Å². The van der Waals surface area contributed by atoms with Gasteiger partial charge in [0.05, 0.1) is 18.5 Å². The second-order valence-corrected chi connectivity index (χ2v) is 5.83. The topological polar surface area (TPSA) is 58.1 Å². The van der Waals surface area contributed by atoms with Crippen LogP contribution in [0.2, 0.25) is 0 Å². The zero-order chi connectivity index (χ0) is 18.6. The summed E-state index contributed by atoms with van der Waals surface area (Å²) in [7, 11) is 3.69. The predicted octanol–water partition coefficient (Wildman–Crippen LogP) is 2.73. The third-order valence-corrected chi connectivity index (χ3v) is 3.41. The van der Waals surface area contributed by atoms with Gasteiger partial charge in [0, 0.05) is 25.9 Å². The summed E-state index contributed by atoms with van der Waals surface area (Å²) in [5, 5.41) is 2.64. The van der Waals surface area contributed by atoms with Crippen molar-refractivity contribution in [3.05, 3.63) is 53.0 Å². The van der Waals surface area contributed by atoms with Crippen LogP contribution in [-0.2, 0) is 23.9 Å². The summed E-state index contributed by atoms with van der Waals surface area (Å²) in [4.78, 5) is 22.4. The molecule has 0 atom stereocenters. The Kier molecular flexibility index (Phi) is 5.61. The Balaban J connectivity index is 2.00. The Bertz CT molecular complexity index is 760. The average molecular weight is 352 g/mol. The third-order valence-electron chi connectivity index (χ3n) is 3.41. The number of alkyl halides is 3. The summed E-state index contributed by atoms with van der Waals surface area (Å²) >= 11 is 0. The van der Waals surface area contributed by atoms with Crippen LogP contribution in [0.3, 0.4) is 0 Å². The van der Waals surface area contributed by atoms with Crippen molar-refractivity contribution in [1.82, 2.24) is 15.3 Å². The van der Waals surface area contributed by atoms with Crippen molar-refractivity contribution in [2.24, 2.45) is 0 Å². The number of nitrogens with one attached hydrogen (secondary N) is 1. The summed E-state index contributed by atoms with van der Waals surface area (Å²) in [6, 6.07) is 6.55. The van der Waals surface area contributed by atoms with E-state index in [1.807, 2.05) is 32.0 Å². The Labute approximate surface area is 143 Å². The molecular weight excluding hydrogens is 333 g/mol. The Morgan fingerprint density at radius 2 is 1.92 bits per heavy atom. The highest BCUT2D eigenvalue weighted by Gasteiger charge is 2.30. The molecule has 1 amide bonds. The second-order valence-electron chi connectivity index (χ2n) is 5.83. The highest BCUT2D eigenvalue weighted by Crippen LogP contribution is 2.29. The quantitative estimate of drug-likeness (QED) is 0.899. The SMILES string of the molecule is Cc1cc(N(C)C)nc(CNC(=O)Cc2cccc(C(F)(F)F)c2)n1. The van der Waals surface area contributed by atoms with Gasteiger partial charge in [0.15, 0.2) is 0 Å². The molecule has 2 aromatic rings. The molecule has 0 saturated heterocycles. The monoisotopic (exact) mass is 352 g/mol. The molecule has 8 heteroatoms. The maximum Gasteiger partial charge on any atom is 0.416 e. The van der Waals surface area contributed by atoms with Gasteiger partial charge in [0.1, 0.15) is 11.6 Å². The number of hydrogen-bond donors (Lipinski definition) is 1. The molecule has 1 aromatic heterocycles. The van der Waals surface area contributed by atoms with Gasteiger partial charge >= 0.3 is 6.18 Å². The number of aromatic nitrogens is 2. The molecule has 25 heavy (non-hydrogen) atoms. The van der Waals surface area contributed by atoms with Crippen molar-refractivity contribution in [2.75, 3.05) is 19.0 Å². The first kappa shape index (κ1) is 18.7. The molecule has 134 valence electrons. The average Bonchev–Trinajstić information content (AvgIpc) is 2.52. The Hall–Kier alpha value is -2.64. The number of rotatable bonds is 5. The van der Waals surface area contributed by atoms with Crippen LogP contribution in [0.1, 0.15) is 22.6 Å². The third kappa shape index (κ3) is 5.44. The van der Waals surface area contributed by atoms with Gasteiger partial charge in [0.25, 0.3) is 0 Å². The summed E-state index contributed by atoms with van der Waals surface area (Å²) in [6.07, 6.45) is -4.57. The number of amides is 1. The molecule has 5 nitrogen and oxygen atoms in total. The van der Waals surface area contributed by atoms with Gasteiger partial charge in [-0.05, 0) is 18.6 Å². The van der Waals surface area contributed by atoms with E-state index in [0.29, 0.717) is 11.4 Å². The van der Waals surface area contributed by atoms with Crippen molar-refractivity contribution in [3.63, 3.8) is 0 Å². The Morgan fingerprint density at radius 1 is 1.20 bits per heavy atom. The number of carbonyl (C=O) groups is 1. The molecule has 1 aromatic carbocycles. The van der Waals surface area contributed by atoms with Crippen LogP contribution in [0.4, 0.5) is 19.0 Å². The van der Waals surface area contributed by atoms with Crippen molar-refractivity contribution in [3.8, 4) is 0 Å². The standard InChI is InChI=1S/C17H19F3N4O/c1-11-7-15(24(2)3)23-14(22-11)10-21-16(25)9-12-5-4-6-13(8-12)17(18,19)20/h4-8H,9-10H2,1-3H3,(H,21,25). The number of anilines is 1. The van der Waals surface area contributed by atoms with Gasteiger partial charge in [-0.3, -0.25) is 4.79 Å². The molecule has 0 aliphatic rings. The molecule has 0 fully saturated rings. The fraction of sp³-hybridized carbons (Fsp3) is 0.353. The van der Waals surface area contributed by atoms with Crippen LogP contribution >= 0.6 is 0 Å². The molecule has 0 aliphatic heterocycles. The number of carbonyl (C=O) groups excluding carboxylic acids is 1. The van der Waals surface area contributed by atoms with E-state index >= 15 is 0 Å². The first-order valence-corrected chi connectivity index (χ1v) is 7.60. The van der Waals surface area contributed by atoms with E-state index in [2.05, 4.69) is 15.3 Å². The Morgan fingerprint density at radius 3 is 2.56 bits per heavy atom. The lowest BCUT2D eigenvalue weighted by Gasteiger charge is -2.13. The summed E-state index contributed by atoms with van der Waals surface area (Å²) < 4.78 is 38.1. The summed E-state index contributed by atoms with van der Waals surface area (Å²) in [5.74, 6) is 0.770. The number of benzene rings is 1. The fourth-order valence-electron chi connectivity index (χ4n) is 2.20. The number of hydrogen-bond acceptors (Lipinski definition) is 4. The molecule has 0 aliphatic carbocycles. The van der Waals surface area contributed by atoms with Gasteiger partial charge < -0.3 is 10.2 Å². The molecule has 0 unspecified atom stereocenters. The van der Waals surface area contributed by atoms with Gasteiger partial charge in [-0.25, -0.2) is 9.97 Å². The molecule has 1 N–H and O–H groups in total. The van der Waals surface area contributed by atoms with Gasteiger partial charge in [-0.2, -0.15) is 13.2 Å². The van der Waals surface area contributed by atoms with Crippen LogP contribution in [0.5, 0.6) is 0 Å². The zero-order valence-electron chi connectivity index (χ0n) is 14.2. The minimum Gasteiger partial charge on any atom is -0.363 e. The molecule has 1 heterocycles. The van der Waals surface area contributed by atoms with Crippen LogP contribution < -0.4 is 10.2 Å². The molecule has 0 spiro atoms. The van der Waals surface area contributed by atoms with E-state index in [-0.39, 0.29) is 13.0 Å². The minimum atomic E-state index is -4.43. The molecule has 2 rings (SSSR count). The van der Waals surface area contributed by atoms with Gasteiger partial charge in [0.2, 0.25) is 5.91 Å². The van der Waals surface area contributed by atoms with Crippen molar-refractivity contribution >= 4 is 11.7 Å². The smallest absolute Gasteiger partial charge is 0.363 e. The van der Waals surface area contributed by atoms with E-state index in [1.165, 1.54) is 12.1 Å².